The summed E-state index contributed by atoms with van der Waals surface area (Å²) in [6.45, 7) is 3.45. The summed E-state index contributed by atoms with van der Waals surface area (Å²) in [5, 5.41) is 14.5. The van der Waals surface area contributed by atoms with Gasteiger partial charge in [0.15, 0.2) is 6.29 Å². The molecule has 2 amide bonds. The summed E-state index contributed by atoms with van der Waals surface area (Å²) in [4.78, 5) is 45.7. The van der Waals surface area contributed by atoms with Crippen LogP contribution >= 0.6 is 0 Å². The van der Waals surface area contributed by atoms with Crippen molar-refractivity contribution in [1.82, 2.24) is 14.9 Å². The van der Waals surface area contributed by atoms with Gasteiger partial charge in [0.25, 0.3) is 0 Å². The molecule has 12 heteroatoms. The van der Waals surface area contributed by atoms with Crippen molar-refractivity contribution in [2.45, 2.75) is 44.8 Å². The number of amides is 2. The Hall–Kier alpha value is -4.08. The minimum atomic E-state index is 0.124. The second-order valence-corrected chi connectivity index (χ2v) is 9.40. The first-order valence-electron chi connectivity index (χ1n) is 13.3. The number of hydrogen-bond acceptors (Lipinski definition) is 10. The number of likely N-dealkylation sites (tertiary alicyclic amines) is 1. The van der Waals surface area contributed by atoms with E-state index in [2.05, 4.69) is 20.6 Å². The lowest BCUT2D eigenvalue weighted by Gasteiger charge is -2.26. The van der Waals surface area contributed by atoms with Crippen LogP contribution in [0.5, 0.6) is 0 Å². The van der Waals surface area contributed by atoms with Gasteiger partial charge in [-0.1, -0.05) is 0 Å². The van der Waals surface area contributed by atoms with Gasteiger partial charge < -0.3 is 25.0 Å². The third-order valence-corrected chi connectivity index (χ3v) is 6.85. The van der Waals surface area contributed by atoms with Crippen LogP contribution in [0.3, 0.4) is 0 Å². The van der Waals surface area contributed by atoms with Crippen LogP contribution in [0.15, 0.2) is 18.3 Å². The Morgan fingerprint density at radius 2 is 2.00 bits per heavy atom. The topological polar surface area (TPSA) is 150 Å². The van der Waals surface area contributed by atoms with E-state index in [0.29, 0.717) is 49.0 Å². The van der Waals surface area contributed by atoms with Crippen LogP contribution in [-0.4, -0.2) is 87.1 Å². The lowest BCUT2D eigenvalue weighted by Crippen LogP contribution is -2.30. The Kier molecular flexibility index (Phi) is 11.8. The number of pyridine rings is 2. The zero-order valence-corrected chi connectivity index (χ0v) is 23.3. The molecule has 0 saturated carbocycles. The maximum absolute atomic E-state index is 11.7. The van der Waals surface area contributed by atoms with Crippen LogP contribution in [0, 0.1) is 11.3 Å². The summed E-state index contributed by atoms with van der Waals surface area (Å²) in [5.41, 5.74) is 3.41. The third kappa shape index (κ3) is 7.97. The molecule has 2 N–H and O–H groups in total. The van der Waals surface area contributed by atoms with E-state index >= 15 is 0 Å². The molecule has 2 aromatic rings. The number of nitrogens with zero attached hydrogens (tertiary/aromatic N) is 5. The second kappa shape index (κ2) is 15.5. The van der Waals surface area contributed by atoms with Crippen molar-refractivity contribution < 1.29 is 23.9 Å². The number of aldehydes is 1. The average Bonchev–Trinajstić information content (AvgIpc) is 3.68. The van der Waals surface area contributed by atoms with E-state index in [9.17, 15) is 14.4 Å². The molecule has 3 aliphatic rings. The number of nitrogens with one attached hydrogen (secondary N) is 2. The summed E-state index contributed by atoms with van der Waals surface area (Å²) in [7, 11) is 5.28. The fourth-order valence-corrected chi connectivity index (χ4v) is 4.58. The Labute approximate surface area is 234 Å². The summed E-state index contributed by atoms with van der Waals surface area (Å²) in [6, 6.07) is 5.76. The molecular weight excluding hydrogens is 514 g/mol. The number of rotatable bonds is 7. The average molecular weight is 552 g/mol. The van der Waals surface area contributed by atoms with Crippen LogP contribution < -0.4 is 15.5 Å². The van der Waals surface area contributed by atoms with Crippen molar-refractivity contribution in [2.24, 2.45) is 0 Å². The van der Waals surface area contributed by atoms with Crippen LogP contribution in [0.2, 0.25) is 0 Å². The summed E-state index contributed by atoms with van der Waals surface area (Å²) in [5.74, 6) is 1.45. The number of methoxy groups -OCH3 is 1. The van der Waals surface area contributed by atoms with Gasteiger partial charge in [0.2, 0.25) is 12.3 Å². The van der Waals surface area contributed by atoms with Gasteiger partial charge in [-0.05, 0) is 37.3 Å². The highest BCUT2D eigenvalue weighted by Gasteiger charge is 2.24. The molecule has 0 spiro atoms. The maximum Gasteiger partial charge on any atom is 0.222 e. The maximum atomic E-state index is 11.7. The minimum absolute atomic E-state index is 0.124. The van der Waals surface area contributed by atoms with Crippen LogP contribution in [0.1, 0.15) is 52.9 Å². The second-order valence-electron chi connectivity index (χ2n) is 9.40. The van der Waals surface area contributed by atoms with E-state index in [-0.39, 0.29) is 5.91 Å². The number of carbonyl (C=O) groups excluding carboxylic acids is 3. The van der Waals surface area contributed by atoms with E-state index < -0.39 is 0 Å². The molecule has 2 saturated heterocycles. The number of aryl methyl sites for hydroxylation is 1. The first-order chi connectivity index (χ1) is 19.5. The van der Waals surface area contributed by atoms with Crippen molar-refractivity contribution in [3.05, 3.63) is 40.7 Å². The number of aromatic nitrogens is 2. The summed E-state index contributed by atoms with van der Waals surface area (Å²) in [6.07, 6.45) is 7.61. The van der Waals surface area contributed by atoms with Crippen molar-refractivity contribution in [3.63, 3.8) is 0 Å². The summed E-state index contributed by atoms with van der Waals surface area (Å²) >= 11 is 0. The molecule has 2 aromatic heterocycles. The van der Waals surface area contributed by atoms with Gasteiger partial charge in [-0.15, -0.1) is 0 Å². The highest BCUT2D eigenvalue weighted by Crippen LogP contribution is 2.27. The SMILES string of the molecule is CNc1cc(NC)c(C#N)cn1.COC1CCOC1.O=Cc1nc2c(cc1CN1CCCC1=O)CCCN2C=O. The van der Waals surface area contributed by atoms with Crippen molar-refractivity contribution in [1.29, 1.82) is 5.26 Å². The van der Waals surface area contributed by atoms with Gasteiger partial charge >= 0.3 is 0 Å². The Morgan fingerprint density at radius 3 is 2.55 bits per heavy atom. The Balaban J connectivity index is 0.000000194. The number of carbonyl (C=O) groups is 3. The molecule has 0 bridgehead atoms. The molecule has 2 fully saturated rings. The standard InChI is InChI=1S/C15H17N3O3.C8H10N4.C5H10O2/c19-9-13-12(8-17-5-2-4-14(17)21)7-11-3-1-6-18(10-20)15(11)16-13;1-10-7-3-8(11-2)12-5-6(7)4-9;1-6-5-2-3-7-4-5/h7,9-10H,1-6,8H2;3,5H,1-2H3,(H2,10,11,12);5H,2-4H2,1H3. The highest BCUT2D eigenvalue weighted by atomic mass is 16.5. The lowest BCUT2D eigenvalue weighted by molar-refractivity contribution is -0.128. The van der Waals surface area contributed by atoms with Crippen LogP contribution in [-0.2, 0) is 32.0 Å². The van der Waals surface area contributed by atoms with E-state index in [1.807, 2.05) is 12.1 Å². The number of anilines is 3. The van der Waals surface area contributed by atoms with Crippen LogP contribution in [0.25, 0.3) is 0 Å². The van der Waals surface area contributed by atoms with Gasteiger partial charge in [-0.25, -0.2) is 9.97 Å². The molecule has 0 radical (unpaired) electrons. The lowest BCUT2D eigenvalue weighted by atomic mass is 10.0. The monoisotopic (exact) mass is 551 g/mol. The molecule has 0 aliphatic carbocycles. The molecular formula is C28H37N7O5. The molecule has 214 valence electrons. The van der Waals surface area contributed by atoms with E-state index in [4.69, 9.17) is 14.7 Å². The molecule has 0 aromatic carbocycles. The molecule has 1 atom stereocenters. The van der Waals surface area contributed by atoms with Gasteiger partial charge in [-0.2, -0.15) is 5.26 Å². The normalized spacial score (nSPS) is 17.4. The minimum Gasteiger partial charge on any atom is -0.387 e. The van der Waals surface area contributed by atoms with E-state index in [1.165, 1.54) is 11.1 Å². The first-order valence-corrected chi connectivity index (χ1v) is 13.3. The van der Waals surface area contributed by atoms with E-state index in [0.717, 1.165) is 74.5 Å². The Bertz CT molecular complexity index is 1210. The zero-order chi connectivity index (χ0) is 28.9. The first kappa shape index (κ1) is 30.5. The molecule has 1 unspecified atom stereocenters. The smallest absolute Gasteiger partial charge is 0.222 e. The quantitative estimate of drug-likeness (QED) is 0.491. The van der Waals surface area contributed by atoms with E-state index in [1.54, 1.807) is 32.2 Å². The number of fused-ring (bicyclic) bond motifs is 1. The van der Waals surface area contributed by atoms with Gasteiger partial charge in [-0.3, -0.25) is 19.3 Å². The van der Waals surface area contributed by atoms with Gasteiger partial charge in [0.1, 0.15) is 23.4 Å². The van der Waals surface area contributed by atoms with Crippen molar-refractivity contribution in [3.8, 4) is 6.07 Å². The van der Waals surface area contributed by atoms with Crippen LogP contribution in [0.4, 0.5) is 17.3 Å². The number of hydrogen-bond donors (Lipinski definition) is 2. The molecule has 3 aliphatic heterocycles. The Morgan fingerprint density at radius 1 is 1.20 bits per heavy atom. The number of ether oxygens (including phenoxy) is 2. The van der Waals surface area contributed by atoms with Gasteiger partial charge in [0.05, 0.1) is 24.0 Å². The molecule has 5 heterocycles. The number of nitriles is 1. The van der Waals surface area contributed by atoms with Crippen molar-refractivity contribution in [2.75, 3.05) is 63.0 Å². The predicted molar refractivity (Wildman–Crippen MR) is 150 cm³/mol. The third-order valence-electron chi connectivity index (χ3n) is 6.85. The molecule has 12 nitrogen and oxygen atoms in total. The zero-order valence-electron chi connectivity index (χ0n) is 23.3. The predicted octanol–water partition coefficient (Wildman–Crippen LogP) is 2.38. The molecule has 5 rings (SSSR count). The summed E-state index contributed by atoms with van der Waals surface area (Å²) < 4.78 is 10.0. The fourth-order valence-electron chi connectivity index (χ4n) is 4.58. The molecule has 40 heavy (non-hydrogen) atoms. The van der Waals surface area contributed by atoms with Gasteiger partial charge in [0, 0.05) is 71.7 Å². The highest BCUT2D eigenvalue weighted by molar-refractivity contribution is 5.82. The largest absolute Gasteiger partial charge is 0.387 e. The van der Waals surface area contributed by atoms with Crippen molar-refractivity contribution >= 4 is 35.9 Å². The fraction of sp³-hybridized carbons (Fsp3) is 0.500.